The van der Waals surface area contributed by atoms with E-state index in [1.165, 1.54) is 0 Å². The van der Waals surface area contributed by atoms with Gasteiger partial charge in [-0.05, 0) is 81.6 Å². The molecule has 1 fully saturated rings. The van der Waals surface area contributed by atoms with Crippen molar-refractivity contribution >= 4 is 41.5 Å². The fraction of sp³-hybridized carbons (Fsp3) is 0.345. The van der Waals surface area contributed by atoms with Gasteiger partial charge in [-0.25, -0.2) is 4.98 Å². The molecule has 12 heteroatoms. The Kier molecular flexibility index (Phi) is 9.38. The third-order valence-corrected chi connectivity index (χ3v) is 8.35. The van der Waals surface area contributed by atoms with Crippen molar-refractivity contribution in [2.24, 2.45) is 5.92 Å². The smallest absolute Gasteiger partial charge is 0.378 e. The van der Waals surface area contributed by atoms with Crippen molar-refractivity contribution in [2.75, 3.05) is 43.6 Å². The molecule has 0 unspecified atom stereocenters. The number of carbonyl (C=O) groups is 1. The first-order valence-electron chi connectivity index (χ1n) is 13.3. The van der Waals surface area contributed by atoms with Crippen molar-refractivity contribution < 1.29 is 22.5 Å². The average molecular weight is 587 g/mol. The second-order valence-corrected chi connectivity index (χ2v) is 13.5. The zero-order chi connectivity index (χ0) is 29.6. The van der Waals surface area contributed by atoms with Gasteiger partial charge in [-0.3, -0.25) is 4.79 Å². The van der Waals surface area contributed by atoms with E-state index in [1.807, 2.05) is 13.0 Å². The minimum absolute atomic E-state index is 0.0735. The van der Waals surface area contributed by atoms with E-state index in [4.69, 9.17) is 0 Å². The summed E-state index contributed by atoms with van der Waals surface area (Å²) in [4.78, 5) is 22.9. The van der Waals surface area contributed by atoms with Gasteiger partial charge in [-0.15, -0.1) is 0 Å². The number of nitrogens with zero attached hydrogens (tertiary/aromatic N) is 3. The number of rotatable bonds is 9. The molecule has 0 saturated carbocycles. The largest absolute Gasteiger partial charge is 0.421 e. The second kappa shape index (κ2) is 12.8. The Morgan fingerprint density at radius 2 is 1.76 bits per heavy atom. The van der Waals surface area contributed by atoms with Crippen molar-refractivity contribution in [3.05, 3.63) is 78.1 Å². The molecule has 0 aliphatic carbocycles. The third kappa shape index (κ3) is 8.10. The van der Waals surface area contributed by atoms with Crippen LogP contribution in [0.2, 0.25) is 0 Å². The molecule has 2 aromatic carbocycles. The van der Waals surface area contributed by atoms with E-state index in [9.17, 15) is 22.5 Å². The Labute approximate surface area is 237 Å². The zero-order valence-corrected chi connectivity index (χ0v) is 24.1. The SMILES string of the molecule is CC=CN1CCC(CNC(=O)c2ccc(Nc3ncc(C(F)(F)F)c(Nc4ccccc4P(C)(C)=O)n3)cc2)CC1. The van der Waals surface area contributed by atoms with E-state index >= 15 is 0 Å². The molecule has 4 rings (SSSR count). The van der Waals surface area contributed by atoms with Crippen LogP contribution in [0.3, 0.4) is 0 Å². The molecule has 3 N–H and O–H groups in total. The van der Waals surface area contributed by atoms with Gasteiger partial charge in [0.1, 0.15) is 18.5 Å². The van der Waals surface area contributed by atoms with Gasteiger partial charge in [0.05, 0.1) is 5.69 Å². The molecule has 1 aliphatic rings. The Balaban J connectivity index is 1.44. The number of nitrogens with one attached hydrogen (secondary N) is 3. The highest BCUT2D eigenvalue weighted by Gasteiger charge is 2.35. The molecular formula is C29H34F3N6O2P. The van der Waals surface area contributed by atoms with Crippen LogP contribution >= 0.6 is 7.14 Å². The van der Waals surface area contributed by atoms with Crippen LogP contribution in [0, 0.1) is 5.92 Å². The monoisotopic (exact) mass is 586 g/mol. The predicted molar refractivity (Wildman–Crippen MR) is 157 cm³/mol. The van der Waals surface area contributed by atoms with Gasteiger partial charge in [-0.1, -0.05) is 18.2 Å². The highest BCUT2D eigenvalue weighted by atomic mass is 31.2. The van der Waals surface area contributed by atoms with Crippen LogP contribution < -0.4 is 21.3 Å². The number of carbonyl (C=O) groups excluding carboxylic acids is 1. The molecule has 0 bridgehead atoms. The number of allylic oxidation sites excluding steroid dienone is 1. The van der Waals surface area contributed by atoms with Crippen LogP contribution in [0.25, 0.3) is 0 Å². The maximum atomic E-state index is 13.8. The molecule has 1 amide bonds. The molecule has 0 atom stereocenters. The number of likely N-dealkylation sites (tertiary alicyclic amines) is 1. The lowest BCUT2D eigenvalue weighted by Gasteiger charge is -2.31. The molecule has 3 aromatic rings. The van der Waals surface area contributed by atoms with E-state index in [0.29, 0.717) is 35.2 Å². The summed E-state index contributed by atoms with van der Waals surface area (Å²) in [5.41, 5.74) is 0.183. The number of hydrogen-bond donors (Lipinski definition) is 3. The minimum Gasteiger partial charge on any atom is -0.378 e. The van der Waals surface area contributed by atoms with Crippen molar-refractivity contribution in [3.63, 3.8) is 0 Å². The van der Waals surface area contributed by atoms with Crippen LogP contribution in [0.4, 0.5) is 36.3 Å². The molecule has 0 spiro atoms. The summed E-state index contributed by atoms with van der Waals surface area (Å²) in [6.45, 7) is 7.63. The van der Waals surface area contributed by atoms with Gasteiger partial charge in [0.2, 0.25) is 5.95 Å². The highest BCUT2D eigenvalue weighted by molar-refractivity contribution is 7.70. The lowest BCUT2D eigenvalue weighted by molar-refractivity contribution is -0.137. The summed E-state index contributed by atoms with van der Waals surface area (Å²) in [6, 6.07) is 13.0. The Morgan fingerprint density at radius 3 is 2.39 bits per heavy atom. The topological polar surface area (TPSA) is 99.3 Å². The molecular weight excluding hydrogens is 552 g/mol. The normalized spacial score (nSPS) is 14.7. The molecule has 1 aliphatic heterocycles. The first kappa shape index (κ1) is 30.1. The summed E-state index contributed by atoms with van der Waals surface area (Å²) in [7, 11) is -2.79. The molecule has 1 saturated heterocycles. The van der Waals surface area contributed by atoms with Gasteiger partial charge in [0, 0.05) is 42.4 Å². The molecule has 2 heterocycles. The van der Waals surface area contributed by atoms with Crippen LogP contribution in [0.15, 0.2) is 67.0 Å². The highest BCUT2D eigenvalue weighted by Crippen LogP contribution is 2.40. The summed E-state index contributed by atoms with van der Waals surface area (Å²) >= 11 is 0. The molecule has 218 valence electrons. The molecule has 0 radical (unpaired) electrons. The van der Waals surface area contributed by atoms with E-state index in [2.05, 4.69) is 37.0 Å². The fourth-order valence-corrected chi connectivity index (χ4v) is 5.77. The number of aromatic nitrogens is 2. The van der Waals surface area contributed by atoms with Crippen LogP contribution in [-0.4, -0.2) is 53.7 Å². The van der Waals surface area contributed by atoms with Gasteiger partial charge < -0.3 is 25.4 Å². The van der Waals surface area contributed by atoms with Crippen molar-refractivity contribution in [1.82, 2.24) is 20.2 Å². The van der Waals surface area contributed by atoms with Gasteiger partial charge in [0.15, 0.2) is 0 Å². The Hall–Kier alpha value is -3.85. The molecule has 41 heavy (non-hydrogen) atoms. The van der Waals surface area contributed by atoms with Crippen molar-refractivity contribution in [1.29, 1.82) is 0 Å². The standard InChI is InChI=1S/C29H34F3N6O2P/c1-4-15-38-16-13-20(14-17-38)18-33-27(39)21-9-11-22(12-10-21)35-28-34-19-23(29(30,31)32)26(37-28)36-24-7-5-6-8-25(24)41(2,3)40/h4-12,15,19-20H,13-14,16-18H2,1-3H3,(H,33,39)(H2,34,35,36,37). The summed E-state index contributed by atoms with van der Waals surface area (Å²) in [6.07, 6.45) is 2.13. The summed E-state index contributed by atoms with van der Waals surface area (Å²) in [5.74, 6) is -0.304. The third-order valence-electron chi connectivity index (χ3n) is 6.79. The van der Waals surface area contributed by atoms with Crippen molar-refractivity contribution in [3.8, 4) is 0 Å². The number of piperidine rings is 1. The zero-order valence-electron chi connectivity index (χ0n) is 23.2. The lowest BCUT2D eigenvalue weighted by atomic mass is 9.97. The quantitative estimate of drug-likeness (QED) is 0.257. The van der Waals surface area contributed by atoms with Crippen LogP contribution in [-0.2, 0) is 10.7 Å². The first-order chi connectivity index (χ1) is 19.4. The Bertz CT molecular complexity index is 1430. The number of alkyl halides is 3. The number of para-hydroxylation sites is 1. The van der Waals surface area contributed by atoms with Crippen LogP contribution in [0.5, 0.6) is 0 Å². The lowest BCUT2D eigenvalue weighted by Crippen LogP contribution is -2.36. The van der Waals surface area contributed by atoms with Gasteiger partial charge in [-0.2, -0.15) is 18.2 Å². The number of benzene rings is 2. The summed E-state index contributed by atoms with van der Waals surface area (Å²) < 4.78 is 54.0. The average Bonchev–Trinajstić information content (AvgIpc) is 2.92. The first-order valence-corrected chi connectivity index (χ1v) is 15.9. The van der Waals surface area contributed by atoms with Gasteiger partial charge in [0.25, 0.3) is 5.91 Å². The summed E-state index contributed by atoms with van der Waals surface area (Å²) in [5, 5.41) is 9.01. The van der Waals surface area contributed by atoms with Crippen LogP contribution in [0.1, 0.15) is 35.7 Å². The van der Waals surface area contributed by atoms with Gasteiger partial charge >= 0.3 is 6.18 Å². The maximum absolute atomic E-state index is 13.8. The maximum Gasteiger partial charge on any atom is 0.421 e. The number of halogens is 3. The fourth-order valence-electron chi connectivity index (χ4n) is 4.61. The number of hydrogen-bond acceptors (Lipinski definition) is 7. The second-order valence-electron chi connectivity index (χ2n) is 10.3. The molecule has 1 aromatic heterocycles. The molecule has 8 nitrogen and oxygen atoms in total. The minimum atomic E-state index is -4.71. The van der Waals surface area contributed by atoms with E-state index < -0.39 is 24.7 Å². The predicted octanol–water partition coefficient (Wildman–Crippen LogP) is 6.21. The Morgan fingerprint density at radius 1 is 1.07 bits per heavy atom. The van der Waals surface area contributed by atoms with E-state index in [0.717, 1.165) is 25.9 Å². The van der Waals surface area contributed by atoms with E-state index in [1.54, 1.807) is 61.9 Å². The number of anilines is 4. The van der Waals surface area contributed by atoms with Crippen molar-refractivity contribution in [2.45, 2.75) is 25.9 Å². The van der Waals surface area contributed by atoms with E-state index in [-0.39, 0.29) is 17.5 Å². The number of amides is 1.